The molecule has 0 saturated heterocycles. The first-order valence-corrected chi connectivity index (χ1v) is 4.77. The van der Waals surface area contributed by atoms with E-state index in [0.29, 0.717) is 10.5 Å². The number of thioether (sulfide) groups is 1. The summed E-state index contributed by atoms with van der Waals surface area (Å²) in [5.74, 6) is 0. The van der Waals surface area contributed by atoms with Crippen molar-refractivity contribution in [3.8, 4) is 0 Å². The second-order valence-corrected chi connectivity index (χ2v) is 4.69. The first kappa shape index (κ1) is 11.3. The molecule has 0 bridgehead atoms. The van der Waals surface area contributed by atoms with Crippen molar-refractivity contribution in [3.63, 3.8) is 0 Å². The van der Waals surface area contributed by atoms with Gasteiger partial charge in [-0.3, -0.25) is 0 Å². The van der Waals surface area contributed by atoms with E-state index in [4.69, 9.17) is 9.47 Å². The Bertz CT molecular complexity index is 92.1. The molecule has 0 rings (SSSR count). The Hall–Kier alpha value is 0.270. The van der Waals surface area contributed by atoms with E-state index >= 15 is 0 Å². The number of ether oxygens (including phenoxy) is 2. The van der Waals surface area contributed by atoms with Crippen molar-refractivity contribution in [3.05, 3.63) is 0 Å². The Morgan fingerprint density at radius 1 is 1.00 bits per heavy atom. The SMILES string of the molecule is COC(OC)C(C)SC(C)C. The summed E-state index contributed by atoms with van der Waals surface area (Å²) < 4.78 is 10.2. The molecule has 0 radical (unpaired) electrons. The third-order valence-electron chi connectivity index (χ3n) is 1.33. The molecule has 0 heterocycles. The highest BCUT2D eigenvalue weighted by Gasteiger charge is 2.16. The average Bonchev–Trinajstić information content (AvgIpc) is 1.88. The molecule has 0 aromatic heterocycles. The fourth-order valence-corrected chi connectivity index (χ4v) is 2.18. The van der Waals surface area contributed by atoms with Gasteiger partial charge in [-0.05, 0) is 12.2 Å². The van der Waals surface area contributed by atoms with Crippen LogP contribution in [0.25, 0.3) is 0 Å². The van der Waals surface area contributed by atoms with Crippen LogP contribution < -0.4 is 0 Å². The average molecular weight is 178 g/mol. The minimum Gasteiger partial charge on any atom is -0.355 e. The van der Waals surface area contributed by atoms with Crippen LogP contribution in [-0.4, -0.2) is 31.0 Å². The molecule has 0 amide bonds. The lowest BCUT2D eigenvalue weighted by Gasteiger charge is -2.21. The van der Waals surface area contributed by atoms with E-state index in [0.717, 1.165) is 0 Å². The molecule has 0 fully saturated rings. The maximum Gasteiger partial charge on any atom is 0.168 e. The van der Waals surface area contributed by atoms with Crippen molar-refractivity contribution in [2.24, 2.45) is 0 Å². The minimum absolute atomic E-state index is 0.0811. The molecule has 1 atom stereocenters. The molecule has 0 N–H and O–H groups in total. The van der Waals surface area contributed by atoms with Crippen molar-refractivity contribution in [1.82, 2.24) is 0 Å². The van der Waals surface area contributed by atoms with E-state index < -0.39 is 0 Å². The van der Waals surface area contributed by atoms with E-state index in [-0.39, 0.29) is 6.29 Å². The molecule has 2 nitrogen and oxygen atoms in total. The van der Waals surface area contributed by atoms with Crippen LogP contribution >= 0.6 is 11.8 Å². The fourth-order valence-electron chi connectivity index (χ4n) is 0.973. The summed E-state index contributed by atoms with van der Waals surface area (Å²) in [6.07, 6.45) is -0.0811. The standard InChI is InChI=1S/C8H18O2S/c1-6(2)11-7(3)8(9-4)10-5/h6-8H,1-5H3. The normalized spacial score (nSPS) is 14.5. The maximum absolute atomic E-state index is 5.12. The lowest BCUT2D eigenvalue weighted by Crippen LogP contribution is -2.25. The van der Waals surface area contributed by atoms with Crippen molar-refractivity contribution < 1.29 is 9.47 Å². The van der Waals surface area contributed by atoms with Gasteiger partial charge in [0, 0.05) is 14.2 Å². The van der Waals surface area contributed by atoms with E-state index in [1.54, 1.807) is 14.2 Å². The van der Waals surface area contributed by atoms with Gasteiger partial charge in [-0.25, -0.2) is 0 Å². The molecule has 1 unspecified atom stereocenters. The Balaban J connectivity index is 3.68. The van der Waals surface area contributed by atoms with Crippen LogP contribution in [0.15, 0.2) is 0 Å². The van der Waals surface area contributed by atoms with Crippen LogP contribution in [0.3, 0.4) is 0 Å². The van der Waals surface area contributed by atoms with Crippen LogP contribution in [0, 0.1) is 0 Å². The highest BCUT2D eigenvalue weighted by Crippen LogP contribution is 2.21. The van der Waals surface area contributed by atoms with Crippen LogP contribution in [-0.2, 0) is 9.47 Å². The summed E-state index contributed by atoms with van der Waals surface area (Å²) in [6.45, 7) is 6.45. The molecule has 68 valence electrons. The number of hydrogen-bond donors (Lipinski definition) is 0. The number of methoxy groups -OCH3 is 2. The van der Waals surface area contributed by atoms with Gasteiger partial charge in [-0.15, -0.1) is 0 Å². The topological polar surface area (TPSA) is 18.5 Å². The second-order valence-electron chi connectivity index (χ2n) is 2.73. The molecule has 0 aliphatic rings. The van der Waals surface area contributed by atoms with Gasteiger partial charge < -0.3 is 9.47 Å². The van der Waals surface area contributed by atoms with Crippen LogP contribution in [0.2, 0.25) is 0 Å². The van der Waals surface area contributed by atoms with E-state index in [1.165, 1.54) is 0 Å². The summed E-state index contributed by atoms with van der Waals surface area (Å²) >= 11 is 1.86. The predicted octanol–water partition coefficient (Wildman–Crippen LogP) is 2.14. The summed E-state index contributed by atoms with van der Waals surface area (Å²) in [5, 5.41) is 1.02. The molecule has 0 aromatic rings. The van der Waals surface area contributed by atoms with E-state index in [1.807, 2.05) is 11.8 Å². The third-order valence-corrected chi connectivity index (χ3v) is 2.53. The molecule has 3 heteroatoms. The molecule has 0 saturated carbocycles. The van der Waals surface area contributed by atoms with Gasteiger partial charge in [0.25, 0.3) is 0 Å². The molecule has 0 spiro atoms. The largest absolute Gasteiger partial charge is 0.355 e. The summed E-state index contributed by atoms with van der Waals surface area (Å²) in [7, 11) is 3.34. The smallest absolute Gasteiger partial charge is 0.168 e. The van der Waals surface area contributed by atoms with Crippen molar-refractivity contribution in [2.75, 3.05) is 14.2 Å². The lowest BCUT2D eigenvalue weighted by molar-refractivity contribution is -0.0989. The quantitative estimate of drug-likeness (QED) is 0.601. The van der Waals surface area contributed by atoms with Crippen LogP contribution in [0.1, 0.15) is 20.8 Å². The second kappa shape index (κ2) is 5.86. The highest BCUT2D eigenvalue weighted by atomic mass is 32.2. The van der Waals surface area contributed by atoms with Gasteiger partial charge in [0.2, 0.25) is 0 Å². The Kier molecular flexibility index (Phi) is 6.01. The lowest BCUT2D eigenvalue weighted by atomic mass is 10.4. The van der Waals surface area contributed by atoms with Crippen LogP contribution in [0.4, 0.5) is 0 Å². The van der Waals surface area contributed by atoms with Crippen molar-refractivity contribution in [1.29, 1.82) is 0 Å². The highest BCUT2D eigenvalue weighted by molar-refractivity contribution is 8.00. The Morgan fingerprint density at radius 2 is 1.45 bits per heavy atom. The number of hydrogen-bond acceptors (Lipinski definition) is 3. The zero-order valence-corrected chi connectivity index (χ0v) is 8.77. The van der Waals surface area contributed by atoms with Gasteiger partial charge in [-0.2, -0.15) is 11.8 Å². The minimum atomic E-state index is -0.0811. The van der Waals surface area contributed by atoms with Gasteiger partial charge in [0.1, 0.15) is 0 Å². The maximum atomic E-state index is 5.12. The summed E-state index contributed by atoms with van der Waals surface area (Å²) in [4.78, 5) is 0. The zero-order valence-electron chi connectivity index (χ0n) is 7.96. The monoisotopic (exact) mass is 178 g/mol. The fraction of sp³-hybridized carbons (Fsp3) is 1.00. The van der Waals surface area contributed by atoms with Gasteiger partial charge in [-0.1, -0.05) is 13.8 Å². The van der Waals surface area contributed by atoms with Gasteiger partial charge >= 0.3 is 0 Å². The Morgan fingerprint density at radius 3 is 1.73 bits per heavy atom. The molecular formula is C8H18O2S. The number of rotatable bonds is 5. The summed E-state index contributed by atoms with van der Waals surface area (Å²) in [5.41, 5.74) is 0. The predicted molar refractivity (Wildman–Crippen MR) is 50.0 cm³/mol. The molecular weight excluding hydrogens is 160 g/mol. The van der Waals surface area contributed by atoms with E-state index in [2.05, 4.69) is 20.8 Å². The first-order valence-electron chi connectivity index (χ1n) is 3.82. The summed E-state index contributed by atoms with van der Waals surface area (Å²) in [6, 6.07) is 0. The molecule has 11 heavy (non-hydrogen) atoms. The van der Waals surface area contributed by atoms with Gasteiger partial charge in [0.05, 0.1) is 5.25 Å². The van der Waals surface area contributed by atoms with Crippen LogP contribution in [0.5, 0.6) is 0 Å². The van der Waals surface area contributed by atoms with E-state index in [9.17, 15) is 0 Å². The Labute approximate surface area is 73.6 Å². The zero-order chi connectivity index (χ0) is 8.85. The molecule has 0 aliphatic heterocycles. The van der Waals surface area contributed by atoms with Crippen molar-refractivity contribution >= 4 is 11.8 Å². The molecule has 0 aliphatic carbocycles. The third kappa shape index (κ3) is 4.67. The van der Waals surface area contributed by atoms with Crippen molar-refractivity contribution in [2.45, 2.75) is 37.6 Å². The first-order chi connectivity index (χ1) is 5.11. The van der Waals surface area contributed by atoms with Gasteiger partial charge in [0.15, 0.2) is 6.29 Å². The molecule has 0 aromatic carbocycles.